The molecule has 0 aliphatic carbocycles. The first kappa shape index (κ1) is 11.1. The highest BCUT2D eigenvalue weighted by Crippen LogP contribution is 2.25. The van der Waals surface area contributed by atoms with Gasteiger partial charge in [0.05, 0.1) is 6.42 Å². The number of hydrogen-bond donors (Lipinski definition) is 1. The smallest absolute Gasteiger partial charge is 0.307 e. The van der Waals surface area contributed by atoms with E-state index in [2.05, 4.69) is 0 Å². The van der Waals surface area contributed by atoms with Gasteiger partial charge in [-0.1, -0.05) is 24.3 Å². The second-order valence-corrected chi connectivity index (χ2v) is 3.55. The highest BCUT2D eigenvalue weighted by atomic mass is 16.4. The number of carboxylic acids is 1. The molecule has 1 N–H and O–H groups in total. The zero-order valence-corrected chi connectivity index (χ0v) is 8.92. The van der Waals surface area contributed by atoms with E-state index in [1.54, 1.807) is 36.4 Å². The Hall–Kier alpha value is -2.36. The maximum absolute atomic E-state index is 10.7. The molecule has 0 atom stereocenters. The molecule has 0 radical (unpaired) electrons. The van der Waals surface area contributed by atoms with Gasteiger partial charge in [-0.2, -0.15) is 0 Å². The molecule has 2 rings (SSSR count). The first-order valence-corrected chi connectivity index (χ1v) is 5.06. The zero-order chi connectivity index (χ0) is 12.3. The van der Waals surface area contributed by atoms with Crippen molar-refractivity contribution in [2.45, 2.75) is 6.42 Å². The van der Waals surface area contributed by atoms with Crippen LogP contribution in [0.2, 0.25) is 0 Å². The summed E-state index contributed by atoms with van der Waals surface area (Å²) in [5.41, 5.74) is 1.36. The Morgan fingerprint density at radius 2 is 2.00 bits per heavy atom. The molecule has 0 aliphatic rings. The van der Waals surface area contributed by atoms with E-state index in [9.17, 15) is 9.59 Å². The maximum Gasteiger partial charge on any atom is 0.307 e. The summed E-state index contributed by atoms with van der Waals surface area (Å²) in [5, 5.41) is 8.80. The summed E-state index contributed by atoms with van der Waals surface area (Å²) in [4.78, 5) is 21.3. The quantitative estimate of drug-likeness (QED) is 0.819. The van der Waals surface area contributed by atoms with E-state index in [-0.39, 0.29) is 12.2 Å². The molecule has 4 heteroatoms. The van der Waals surface area contributed by atoms with Gasteiger partial charge in [0, 0.05) is 5.56 Å². The van der Waals surface area contributed by atoms with E-state index in [1.807, 2.05) is 0 Å². The number of rotatable bonds is 4. The molecular formula is C13H10O4. The Bertz CT molecular complexity index is 554. The summed E-state index contributed by atoms with van der Waals surface area (Å²) in [6.45, 7) is 0. The number of benzene rings is 1. The lowest BCUT2D eigenvalue weighted by Gasteiger charge is -2.04. The van der Waals surface area contributed by atoms with Crippen LogP contribution >= 0.6 is 0 Å². The highest BCUT2D eigenvalue weighted by Gasteiger charge is 2.11. The predicted molar refractivity (Wildman–Crippen MR) is 60.9 cm³/mol. The van der Waals surface area contributed by atoms with Gasteiger partial charge >= 0.3 is 5.97 Å². The molecular weight excluding hydrogens is 220 g/mol. The van der Waals surface area contributed by atoms with Gasteiger partial charge in [-0.25, -0.2) is 0 Å². The van der Waals surface area contributed by atoms with Crippen LogP contribution in [-0.2, 0) is 11.2 Å². The maximum atomic E-state index is 10.7. The van der Waals surface area contributed by atoms with Crippen LogP contribution in [0.3, 0.4) is 0 Å². The van der Waals surface area contributed by atoms with Crippen molar-refractivity contribution < 1.29 is 19.1 Å². The minimum absolute atomic E-state index is 0.0761. The lowest BCUT2D eigenvalue weighted by atomic mass is 10.0. The van der Waals surface area contributed by atoms with Crippen LogP contribution in [0.25, 0.3) is 11.3 Å². The van der Waals surface area contributed by atoms with Crippen LogP contribution in [0.4, 0.5) is 0 Å². The van der Waals surface area contributed by atoms with Crippen molar-refractivity contribution in [2.24, 2.45) is 0 Å². The first-order chi connectivity index (χ1) is 8.20. The standard InChI is InChI=1S/C13H10O4/c14-8-10-5-6-12(17-10)11-4-2-1-3-9(11)7-13(15)16/h1-6,8H,7H2,(H,15,16). The van der Waals surface area contributed by atoms with E-state index in [0.717, 1.165) is 0 Å². The molecule has 0 aliphatic heterocycles. The molecule has 17 heavy (non-hydrogen) atoms. The Balaban J connectivity index is 2.43. The number of hydrogen-bond acceptors (Lipinski definition) is 3. The Labute approximate surface area is 97.5 Å². The van der Waals surface area contributed by atoms with Crippen molar-refractivity contribution in [2.75, 3.05) is 0 Å². The average Bonchev–Trinajstić information content (AvgIpc) is 2.77. The van der Waals surface area contributed by atoms with Crippen molar-refractivity contribution in [1.29, 1.82) is 0 Å². The van der Waals surface area contributed by atoms with Crippen molar-refractivity contribution in [1.82, 2.24) is 0 Å². The summed E-state index contributed by atoms with van der Waals surface area (Å²) < 4.78 is 5.28. The molecule has 0 bridgehead atoms. The van der Waals surface area contributed by atoms with E-state index >= 15 is 0 Å². The Kier molecular flexibility index (Phi) is 3.05. The van der Waals surface area contributed by atoms with Gasteiger partial charge in [0.15, 0.2) is 12.0 Å². The second-order valence-electron chi connectivity index (χ2n) is 3.55. The number of carbonyl (C=O) groups is 2. The van der Waals surface area contributed by atoms with Crippen molar-refractivity contribution in [3.63, 3.8) is 0 Å². The Morgan fingerprint density at radius 3 is 2.65 bits per heavy atom. The fourth-order valence-electron chi connectivity index (χ4n) is 1.64. The van der Waals surface area contributed by atoms with Crippen LogP contribution in [-0.4, -0.2) is 17.4 Å². The van der Waals surface area contributed by atoms with Gasteiger partial charge in [-0.15, -0.1) is 0 Å². The highest BCUT2D eigenvalue weighted by molar-refractivity contribution is 5.77. The zero-order valence-electron chi connectivity index (χ0n) is 8.92. The lowest BCUT2D eigenvalue weighted by Crippen LogP contribution is -2.01. The monoisotopic (exact) mass is 230 g/mol. The van der Waals surface area contributed by atoms with Crippen LogP contribution in [0.5, 0.6) is 0 Å². The molecule has 4 nitrogen and oxygen atoms in total. The van der Waals surface area contributed by atoms with Crippen LogP contribution in [0.1, 0.15) is 16.1 Å². The topological polar surface area (TPSA) is 67.5 Å². The third kappa shape index (κ3) is 2.42. The fourth-order valence-corrected chi connectivity index (χ4v) is 1.64. The fraction of sp³-hybridized carbons (Fsp3) is 0.0769. The van der Waals surface area contributed by atoms with Crippen molar-refractivity contribution in [3.05, 3.63) is 47.7 Å². The van der Waals surface area contributed by atoms with Gasteiger partial charge in [-0.3, -0.25) is 9.59 Å². The van der Waals surface area contributed by atoms with Crippen LogP contribution < -0.4 is 0 Å². The summed E-state index contributed by atoms with van der Waals surface area (Å²) in [7, 11) is 0. The second kappa shape index (κ2) is 4.65. The number of carbonyl (C=O) groups excluding carboxylic acids is 1. The molecule has 0 fully saturated rings. The molecule has 1 heterocycles. The molecule has 86 valence electrons. The summed E-state index contributed by atoms with van der Waals surface area (Å²) >= 11 is 0. The van der Waals surface area contributed by atoms with E-state index in [0.29, 0.717) is 23.2 Å². The van der Waals surface area contributed by atoms with Gasteiger partial charge in [0.25, 0.3) is 0 Å². The molecule has 1 aromatic heterocycles. The lowest BCUT2D eigenvalue weighted by molar-refractivity contribution is -0.136. The normalized spacial score (nSPS) is 10.1. The van der Waals surface area contributed by atoms with Gasteiger partial charge in [-0.05, 0) is 17.7 Å². The minimum Gasteiger partial charge on any atom is -0.481 e. The molecule has 0 spiro atoms. The van der Waals surface area contributed by atoms with E-state index < -0.39 is 5.97 Å². The first-order valence-electron chi connectivity index (χ1n) is 5.06. The van der Waals surface area contributed by atoms with Gasteiger partial charge in [0.1, 0.15) is 5.76 Å². The molecule has 0 amide bonds. The third-order valence-electron chi connectivity index (χ3n) is 2.37. The molecule has 0 saturated heterocycles. The largest absolute Gasteiger partial charge is 0.481 e. The summed E-state index contributed by atoms with van der Waals surface area (Å²) in [5.74, 6) is -0.173. The Morgan fingerprint density at radius 1 is 1.24 bits per heavy atom. The number of aldehydes is 1. The summed E-state index contributed by atoms with van der Waals surface area (Å²) in [6.07, 6.45) is 0.538. The predicted octanol–water partition coefficient (Wildman–Crippen LogP) is 2.39. The van der Waals surface area contributed by atoms with Gasteiger partial charge in [0.2, 0.25) is 0 Å². The number of carboxylic acid groups (broad SMARTS) is 1. The molecule has 1 aromatic carbocycles. The van der Waals surface area contributed by atoms with E-state index in [1.165, 1.54) is 0 Å². The van der Waals surface area contributed by atoms with E-state index in [4.69, 9.17) is 9.52 Å². The third-order valence-corrected chi connectivity index (χ3v) is 2.37. The van der Waals surface area contributed by atoms with Crippen molar-refractivity contribution in [3.8, 4) is 11.3 Å². The number of furan rings is 1. The van der Waals surface area contributed by atoms with Crippen LogP contribution in [0.15, 0.2) is 40.8 Å². The molecule has 0 unspecified atom stereocenters. The summed E-state index contributed by atoms with van der Waals surface area (Å²) in [6, 6.07) is 10.3. The number of aliphatic carboxylic acids is 1. The minimum atomic E-state index is -0.903. The SMILES string of the molecule is O=Cc1ccc(-c2ccccc2CC(=O)O)o1. The van der Waals surface area contributed by atoms with Gasteiger partial charge < -0.3 is 9.52 Å². The van der Waals surface area contributed by atoms with Crippen molar-refractivity contribution >= 4 is 12.3 Å². The van der Waals surface area contributed by atoms with Crippen LogP contribution in [0, 0.1) is 0 Å². The average molecular weight is 230 g/mol. The molecule has 2 aromatic rings. The molecule has 0 saturated carbocycles.